The van der Waals surface area contributed by atoms with Gasteiger partial charge in [-0.2, -0.15) is 5.10 Å². The lowest BCUT2D eigenvalue weighted by atomic mass is 9.90. The van der Waals surface area contributed by atoms with Gasteiger partial charge >= 0.3 is 0 Å². The molecule has 0 saturated carbocycles. The van der Waals surface area contributed by atoms with Crippen molar-refractivity contribution in [2.45, 2.75) is 24.9 Å². The number of nitrogens with zero attached hydrogens (tertiary/aromatic N) is 5. The van der Waals surface area contributed by atoms with Crippen LogP contribution in [-0.4, -0.2) is 50.1 Å². The monoisotopic (exact) mass is 314 g/mol. The molecule has 0 aliphatic carbocycles. The van der Waals surface area contributed by atoms with Crippen molar-refractivity contribution in [3.63, 3.8) is 0 Å². The van der Waals surface area contributed by atoms with Crippen molar-refractivity contribution in [1.82, 2.24) is 30.0 Å². The van der Waals surface area contributed by atoms with Crippen molar-refractivity contribution in [3.8, 4) is 0 Å². The van der Waals surface area contributed by atoms with Crippen LogP contribution >= 0.6 is 0 Å². The second-order valence-corrected chi connectivity index (χ2v) is 5.38. The number of carbonyl (C=O) groups excluding carboxylic acids is 2. The molecule has 0 aromatic carbocycles. The van der Waals surface area contributed by atoms with Gasteiger partial charge in [0.2, 0.25) is 5.91 Å². The smallest absolute Gasteiger partial charge is 0.252 e. The fourth-order valence-corrected chi connectivity index (χ4v) is 3.11. The highest BCUT2D eigenvalue weighted by atomic mass is 16.2. The van der Waals surface area contributed by atoms with E-state index in [0.717, 1.165) is 6.42 Å². The Morgan fingerprint density at radius 1 is 1.35 bits per heavy atom. The second kappa shape index (κ2) is 6.15. The standard InChI is InChI=1S/C15H18N6O2/c1-16-14(23)15(12-10-17-6-7-18-12)4-2-9-21(15)13(22)11-20-8-3-5-19-20/h3,5-8,10H,2,4,9,11H2,1H3,(H,16,23)/t15-/m0/s1. The zero-order chi connectivity index (χ0) is 16.3. The number of aromatic nitrogens is 4. The van der Waals surface area contributed by atoms with E-state index in [1.807, 2.05) is 0 Å². The van der Waals surface area contributed by atoms with E-state index in [4.69, 9.17) is 0 Å². The summed E-state index contributed by atoms with van der Waals surface area (Å²) in [7, 11) is 1.56. The third kappa shape index (κ3) is 2.56. The first-order valence-corrected chi connectivity index (χ1v) is 7.45. The summed E-state index contributed by atoms with van der Waals surface area (Å²) in [5.41, 5.74) is -0.613. The Morgan fingerprint density at radius 3 is 2.87 bits per heavy atom. The molecule has 1 atom stereocenters. The Morgan fingerprint density at radius 2 is 2.22 bits per heavy atom. The number of nitrogens with one attached hydrogen (secondary N) is 1. The molecule has 0 bridgehead atoms. The van der Waals surface area contributed by atoms with Crippen molar-refractivity contribution in [2.24, 2.45) is 0 Å². The van der Waals surface area contributed by atoms with E-state index in [9.17, 15) is 9.59 Å². The minimum Gasteiger partial charge on any atom is -0.357 e. The van der Waals surface area contributed by atoms with Crippen molar-refractivity contribution < 1.29 is 9.59 Å². The van der Waals surface area contributed by atoms with Gasteiger partial charge in [-0.05, 0) is 18.9 Å². The maximum atomic E-state index is 12.8. The molecule has 3 rings (SSSR count). The molecule has 23 heavy (non-hydrogen) atoms. The Hall–Kier alpha value is -2.77. The minimum absolute atomic E-state index is 0.0893. The summed E-state index contributed by atoms with van der Waals surface area (Å²) in [6.07, 6.45) is 9.23. The molecule has 0 radical (unpaired) electrons. The lowest BCUT2D eigenvalue weighted by Crippen LogP contribution is -2.55. The second-order valence-electron chi connectivity index (χ2n) is 5.38. The quantitative estimate of drug-likeness (QED) is 0.853. The van der Waals surface area contributed by atoms with Gasteiger partial charge in [0.1, 0.15) is 6.54 Å². The van der Waals surface area contributed by atoms with E-state index in [1.54, 1.807) is 47.5 Å². The Bertz CT molecular complexity index is 687. The van der Waals surface area contributed by atoms with Crippen molar-refractivity contribution in [2.75, 3.05) is 13.6 Å². The van der Waals surface area contributed by atoms with Crippen LogP contribution in [0.5, 0.6) is 0 Å². The molecule has 120 valence electrons. The molecular formula is C15H18N6O2. The first-order valence-electron chi connectivity index (χ1n) is 7.45. The van der Waals surface area contributed by atoms with Gasteiger partial charge in [0.25, 0.3) is 5.91 Å². The molecule has 0 unspecified atom stereocenters. The van der Waals surface area contributed by atoms with Gasteiger partial charge in [-0.3, -0.25) is 24.2 Å². The first-order chi connectivity index (χ1) is 11.2. The molecular weight excluding hydrogens is 296 g/mol. The summed E-state index contributed by atoms with van der Waals surface area (Å²) in [6, 6.07) is 1.76. The van der Waals surface area contributed by atoms with Crippen LogP contribution in [0, 0.1) is 0 Å². The molecule has 1 fully saturated rings. The molecule has 1 aliphatic rings. The Balaban J connectivity index is 1.97. The van der Waals surface area contributed by atoms with E-state index in [0.29, 0.717) is 18.7 Å². The van der Waals surface area contributed by atoms with Gasteiger partial charge in [0.05, 0.1) is 11.9 Å². The third-order valence-corrected chi connectivity index (χ3v) is 4.13. The number of hydrogen-bond donors (Lipinski definition) is 1. The van der Waals surface area contributed by atoms with Gasteiger partial charge in [-0.1, -0.05) is 0 Å². The molecule has 1 N–H and O–H groups in total. The highest BCUT2D eigenvalue weighted by molar-refractivity contribution is 5.92. The molecule has 1 saturated heterocycles. The van der Waals surface area contributed by atoms with Crippen LogP contribution in [0.3, 0.4) is 0 Å². The van der Waals surface area contributed by atoms with Gasteiger partial charge in [0, 0.05) is 38.4 Å². The first kappa shape index (κ1) is 15.1. The highest BCUT2D eigenvalue weighted by Crippen LogP contribution is 2.38. The third-order valence-electron chi connectivity index (χ3n) is 4.13. The molecule has 3 heterocycles. The molecule has 8 heteroatoms. The SMILES string of the molecule is CNC(=O)[C@@]1(c2cnccn2)CCCN1C(=O)Cn1cccn1. The van der Waals surface area contributed by atoms with Gasteiger partial charge in [-0.25, -0.2) is 0 Å². The molecule has 0 spiro atoms. The van der Waals surface area contributed by atoms with Crippen LogP contribution < -0.4 is 5.32 Å². The van der Waals surface area contributed by atoms with Gasteiger partial charge in [-0.15, -0.1) is 0 Å². The van der Waals surface area contributed by atoms with E-state index in [1.165, 1.54) is 6.20 Å². The summed E-state index contributed by atoms with van der Waals surface area (Å²) in [6.45, 7) is 0.593. The zero-order valence-corrected chi connectivity index (χ0v) is 12.8. The molecule has 8 nitrogen and oxygen atoms in total. The van der Waals surface area contributed by atoms with Gasteiger partial charge < -0.3 is 10.2 Å². The largest absolute Gasteiger partial charge is 0.357 e. The molecule has 2 aromatic heterocycles. The number of likely N-dealkylation sites (tertiary alicyclic amines) is 1. The summed E-state index contributed by atoms with van der Waals surface area (Å²) < 4.78 is 1.55. The van der Waals surface area contributed by atoms with E-state index in [2.05, 4.69) is 20.4 Å². The van der Waals surface area contributed by atoms with Crippen molar-refractivity contribution in [1.29, 1.82) is 0 Å². The fraction of sp³-hybridized carbons (Fsp3) is 0.400. The Labute approximate surface area is 133 Å². The van der Waals surface area contributed by atoms with E-state index < -0.39 is 5.54 Å². The van der Waals surface area contributed by atoms with Crippen LogP contribution in [-0.2, 0) is 21.7 Å². The summed E-state index contributed by atoms with van der Waals surface area (Å²) in [5.74, 6) is -0.412. The maximum absolute atomic E-state index is 12.8. The number of hydrogen-bond acceptors (Lipinski definition) is 5. The minimum atomic E-state index is -1.10. The zero-order valence-electron chi connectivity index (χ0n) is 12.8. The predicted octanol–water partition coefficient (Wildman–Crippen LogP) is -0.0630. The maximum Gasteiger partial charge on any atom is 0.252 e. The topological polar surface area (TPSA) is 93.0 Å². The number of carbonyl (C=O) groups is 2. The van der Waals surface area contributed by atoms with Crippen LogP contribution in [0.4, 0.5) is 0 Å². The van der Waals surface area contributed by atoms with Crippen LogP contribution in [0.25, 0.3) is 0 Å². The van der Waals surface area contributed by atoms with Gasteiger partial charge in [0.15, 0.2) is 5.54 Å². The number of likely N-dealkylation sites (N-methyl/N-ethyl adjacent to an activating group) is 1. The Kier molecular flexibility index (Phi) is 4.05. The summed E-state index contributed by atoms with van der Waals surface area (Å²) in [4.78, 5) is 35.4. The fourth-order valence-electron chi connectivity index (χ4n) is 3.11. The molecule has 2 amide bonds. The lowest BCUT2D eigenvalue weighted by Gasteiger charge is -2.36. The number of amides is 2. The van der Waals surface area contributed by atoms with Crippen LogP contribution in [0.15, 0.2) is 37.1 Å². The highest BCUT2D eigenvalue weighted by Gasteiger charge is 2.51. The average molecular weight is 314 g/mol. The van der Waals surface area contributed by atoms with Crippen molar-refractivity contribution >= 4 is 11.8 Å². The average Bonchev–Trinajstić information content (AvgIpc) is 3.24. The molecule has 1 aliphatic heterocycles. The summed E-state index contributed by atoms with van der Waals surface area (Å²) in [5, 5.41) is 6.72. The van der Waals surface area contributed by atoms with Crippen LogP contribution in [0.1, 0.15) is 18.5 Å². The van der Waals surface area contributed by atoms with Crippen molar-refractivity contribution in [3.05, 3.63) is 42.7 Å². The normalized spacial score (nSPS) is 20.5. The van der Waals surface area contributed by atoms with Crippen LogP contribution in [0.2, 0.25) is 0 Å². The van der Waals surface area contributed by atoms with E-state index >= 15 is 0 Å². The lowest BCUT2D eigenvalue weighted by molar-refractivity contribution is -0.146. The van der Waals surface area contributed by atoms with E-state index in [-0.39, 0.29) is 18.4 Å². The number of rotatable bonds is 4. The predicted molar refractivity (Wildman–Crippen MR) is 81.0 cm³/mol. The summed E-state index contributed by atoms with van der Waals surface area (Å²) >= 11 is 0. The molecule has 2 aromatic rings.